The van der Waals surface area contributed by atoms with E-state index < -0.39 is 0 Å². The van der Waals surface area contributed by atoms with Gasteiger partial charge in [-0.2, -0.15) is 10.1 Å². The average Bonchev–Trinajstić information content (AvgIpc) is 2.55. The molecule has 116 valence electrons. The number of para-hydroxylation sites is 1. The van der Waals surface area contributed by atoms with E-state index in [4.69, 9.17) is 11.6 Å². The van der Waals surface area contributed by atoms with E-state index in [1.807, 2.05) is 49.4 Å². The maximum atomic E-state index is 6.12. The topological polar surface area (TPSA) is 62.7 Å². The van der Waals surface area contributed by atoms with Gasteiger partial charge in [-0.1, -0.05) is 29.8 Å². The Morgan fingerprint density at radius 2 is 1.78 bits per heavy atom. The zero-order valence-corrected chi connectivity index (χ0v) is 14.6. The summed E-state index contributed by atoms with van der Waals surface area (Å²) in [5.41, 5.74) is 2.68. The van der Waals surface area contributed by atoms with E-state index in [0.717, 1.165) is 21.4 Å². The quantitative estimate of drug-likeness (QED) is 0.650. The molecule has 0 spiro atoms. The first-order chi connectivity index (χ1) is 11.1. The molecule has 0 bridgehead atoms. The summed E-state index contributed by atoms with van der Waals surface area (Å²) in [6.45, 7) is 1.93. The number of anilines is 4. The maximum absolute atomic E-state index is 6.12. The Balaban J connectivity index is 1.83. The normalized spacial score (nSPS) is 10.4. The molecule has 3 rings (SSSR count). The van der Waals surface area contributed by atoms with Crippen molar-refractivity contribution in [1.82, 2.24) is 15.2 Å². The van der Waals surface area contributed by atoms with E-state index >= 15 is 0 Å². The smallest absolute Gasteiger partial charge is 0.249 e. The van der Waals surface area contributed by atoms with Gasteiger partial charge in [0.2, 0.25) is 5.95 Å². The lowest BCUT2D eigenvalue weighted by Crippen LogP contribution is -2.03. The van der Waals surface area contributed by atoms with Gasteiger partial charge in [0.15, 0.2) is 5.82 Å². The number of benzene rings is 2. The highest BCUT2D eigenvalue weighted by atomic mass is 79.9. The first kappa shape index (κ1) is 15.7. The van der Waals surface area contributed by atoms with Crippen molar-refractivity contribution in [2.24, 2.45) is 0 Å². The molecule has 23 heavy (non-hydrogen) atoms. The highest BCUT2D eigenvalue weighted by Gasteiger charge is 2.06. The van der Waals surface area contributed by atoms with Crippen molar-refractivity contribution >= 4 is 50.7 Å². The summed E-state index contributed by atoms with van der Waals surface area (Å²) in [5.74, 6) is 0.988. The number of nitrogens with zero attached hydrogens (tertiary/aromatic N) is 3. The molecule has 0 unspecified atom stereocenters. The fraction of sp³-hybridized carbons (Fsp3) is 0.0625. The largest absolute Gasteiger partial charge is 0.338 e. The number of hydrogen-bond acceptors (Lipinski definition) is 5. The van der Waals surface area contributed by atoms with Crippen LogP contribution in [0.4, 0.5) is 23.1 Å². The second kappa shape index (κ2) is 6.93. The molecule has 0 radical (unpaired) electrons. The molecule has 0 atom stereocenters. The van der Waals surface area contributed by atoms with Gasteiger partial charge in [0, 0.05) is 15.2 Å². The molecule has 5 nitrogen and oxygen atoms in total. The molecule has 0 saturated heterocycles. The highest BCUT2D eigenvalue weighted by molar-refractivity contribution is 9.10. The van der Waals surface area contributed by atoms with Crippen molar-refractivity contribution < 1.29 is 0 Å². The maximum Gasteiger partial charge on any atom is 0.249 e. The van der Waals surface area contributed by atoms with Crippen LogP contribution in [0.2, 0.25) is 5.02 Å². The van der Waals surface area contributed by atoms with Crippen LogP contribution in [-0.2, 0) is 0 Å². The van der Waals surface area contributed by atoms with Crippen LogP contribution in [0.25, 0.3) is 0 Å². The molecule has 0 amide bonds. The van der Waals surface area contributed by atoms with Crippen LogP contribution in [0.1, 0.15) is 5.56 Å². The van der Waals surface area contributed by atoms with Crippen molar-refractivity contribution in [1.29, 1.82) is 0 Å². The summed E-state index contributed by atoms with van der Waals surface area (Å²) < 4.78 is 0.943. The van der Waals surface area contributed by atoms with Gasteiger partial charge in [0.25, 0.3) is 0 Å². The predicted molar refractivity (Wildman–Crippen MR) is 96.7 cm³/mol. The SMILES string of the molecule is Cc1c(Cl)cccc1Nc1nncc(Nc2ccccc2Br)n1. The van der Waals surface area contributed by atoms with E-state index in [-0.39, 0.29) is 0 Å². The van der Waals surface area contributed by atoms with Crippen LogP contribution in [0, 0.1) is 6.92 Å². The number of nitrogens with one attached hydrogen (secondary N) is 2. The van der Waals surface area contributed by atoms with Crippen LogP contribution in [-0.4, -0.2) is 15.2 Å². The van der Waals surface area contributed by atoms with E-state index in [1.165, 1.54) is 0 Å². The minimum atomic E-state index is 0.396. The fourth-order valence-electron chi connectivity index (χ4n) is 1.98. The first-order valence-electron chi connectivity index (χ1n) is 6.87. The summed E-state index contributed by atoms with van der Waals surface area (Å²) in [4.78, 5) is 4.42. The molecule has 3 aromatic rings. The summed E-state index contributed by atoms with van der Waals surface area (Å²) in [6.07, 6.45) is 1.56. The molecule has 0 aliphatic heterocycles. The van der Waals surface area contributed by atoms with E-state index in [1.54, 1.807) is 6.20 Å². The number of hydrogen-bond donors (Lipinski definition) is 2. The molecule has 1 heterocycles. The highest BCUT2D eigenvalue weighted by Crippen LogP contribution is 2.26. The van der Waals surface area contributed by atoms with Gasteiger partial charge in [-0.05, 0) is 52.7 Å². The lowest BCUT2D eigenvalue weighted by Gasteiger charge is -2.10. The van der Waals surface area contributed by atoms with E-state index in [9.17, 15) is 0 Å². The predicted octanol–water partition coefficient (Wildman–Crippen LogP) is 5.08. The number of aromatic nitrogens is 3. The first-order valence-corrected chi connectivity index (χ1v) is 8.04. The molecular weight excluding hydrogens is 378 g/mol. The second-order valence-electron chi connectivity index (χ2n) is 4.81. The van der Waals surface area contributed by atoms with Gasteiger partial charge in [-0.15, -0.1) is 5.10 Å². The third-order valence-corrected chi connectivity index (χ3v) is 4.31. The molecule has 0 saturated carbocycles. The van der Waals surface area contributed by atoms with Crippen LogP contribution >= 0.6 is 27.5 Å². The van der Waals surface area contributed by atoms with Gasteiger partial charge in [0.05, 0.1) is 11.9 Å². The Hall–Kier alpha value is -2.18. The third kappa shape index (κ3) is 3.78. The Kier molecular flexibility index (Phi) is 4.73. The Morgan fingerprint density at radius 1 is 1.00 bits per heavy atom. The monoisotopic (exact) mass is 389 g/mol. The van der Waals surface area contributed by atoms with E-state index in [2.05, 4.69) is 41.7 Å². The minimum Gasteiger partial charge on any atom is -0.338 e. The summed E-state index contributed by atoms with van der Waals surface area (Å²) in [6, 6.07) is 13.4. The van der Waals surface area contributed by atoms with Crippen molar-refractivity contribution in [2.75, 3.05) is 10.6 Å². The Bertz CT molecular complexity index is 840. The molecule has 2 aromatic carbocycles. The van der Waals surface area contributed by atoms with Gasteiger partial charge in [-0.3, -0.25) is 0 Å². The molecule has 0 aliphatic rings. The number of rotatable bonds is 4. The average molecular weight is 391 g/mol. The van der Waals surface area contributed by atoms with Crippen molar-refractivity contribution in [3.05, 3.63) is 63.7 Å². The fourth-order valence-corrected chi connectivity index (χ4v) is 2.54. The molecule has 1 aromatic heterocycles. The van der Waals surface area contributed by atoms with Crippen LogP contribution in [0.3, 0.4) is 0 Å². The van der Waals surface area contributed by atoms with Crippen LogP contribution in [0.15, 0.2) is 53.1 Å². The lowest BCUT2D eigenvalue weighted by molar-refractivity contribution is 0.981. The zero-order chi connectivity index (χ0) is 16.2. The molecule has 7 heteroatoms. The standard InChI is InChI=1S/C16H13BrClN5/c1-10-12(18)6-4-8-13(10)21-16-22-15(9-19-23-16)20-14-7-3-2-5-11(14)17/h2-9H,1H3,(H2,20,21,22,23). The van der Waals surface area contributed by atoms with E-state index in [0.29, 0.717) is 16.8 Å². The molecule has 2 N–H and O–H groups in total. The van der Waals surface area contributed by atoms with Crippen LogP contribution in [0.5, 0.6) is 0 Å². The second-order valence-corrected chi connectivity index (χ2v) is 6.07. The summed E-state index contributed by atoms with van der Waals surface area (Å²) in [5, 5.41) is 15.0. The number of halogens is 2. The van der Waals surface area contributed by atoms with Crippen molar-refractivity contribution in [2.45, 2.75) is 6.92 Å². The summed E-state index contributed by atoms with van der Waals surface area (Å²) in [7, 11) is 0. The van der Waals surface area contributed by atoms with Gasteiger partial charge < -0.3 is 10.6 Å². The van der Waals surface area contributed by atoms with Gasteiger partial charge in [0.1, 0.15) is 0 Å². The Morgan fingerprint density at radius 3 is 2.61 bits per heavy atom. The minimum absolute atomic E-state index is 0.396. The zero-order valence-electron chi connectivity index (χ0n) is 12.2. The van der Waals surface area contributed by atoms with Crippen molar-refractivity contribution in [3.8, 4) is 0 Å². The Labute approximate surface area is 147 Å². The lowest BCUT2D eigenvalue weighted by atomic mass is 10.2. The van der Waals surface area contributed by atoms with Gasteiger partial charge >= 0.3 is 0 Å². The van der Waals surface area contributed by atoms with Gasteiger partial charge in [-0.25, -0.2) is 0 Å². The summed E-state index contributed by atoms with van der Waals surface area (Å²) >= 11 is 9.61. The van der Waals surface area contributed by atoms with Crippen LogP contribution < -0.4 is 10.6 Å². The third-order valence-electron chi connectivity index (χ3n) is 3.21. The van der Waals surface area contributed by atoms with Crippen molar-refractivity contribution in [3.63, 3.8) is 0 Å². The molecule has 0 fully saturated rings. The molecule has 0 aliphatic carbocycles. The molecular formula is C16H13BrClN5.